The van der Waals surface area contributed by atoms with Crippen LogP contribution in [0.3, 0.4) is 0 Å². The molecule has 1 amide bonds. The summed E-state index contributed by atoms with van der Waals surface area (Å²) >= 11 is 0. The fourth-order valence-electron chi connectivity index (χ4n) is 4.49. The summed E-state index contributed by atoms with van der Waals surface area (Å²) in [5.74, 6) is -0.975. The van der Waals surface area contributed by atoms with Gasteiger partial charge in [0.1, 0.15) is 5.69 Å². The van der Waals surface area contributed by atoms with Crippen LogP contribution in [0, 0.1) is 6.92 Å². The molecule has 0 spiro atoms. The zero-order valence-corrected chi connectivity index (χ0v) is 22.2. The van der Waals surface area contributed by atoms with Gasteiger partial charge in [0.15, 0.2) is 5.65 Å². The summed E-state index contributed by atoms with van der Waals surface area (Å²) in [5, 5.41) is 5.53. The van der Waals surface area contributed by atoms with Crippen molar-refractivity contribution in [2.75, 3.05) is 37.8 Å². The molecule has 1 saturated heterocycles. The molecule has 1 aliphatic heterocycles. The lowest BCUT2D eigenvalue weighted by Crippen LogP contribution is -2.57. The molecule has 0 saturated carbocycles. The summed E-state index contributed by atoms with van der Waals surface area (Å²) in [4.78, 5) is 22.1. The Kier molecular flexibility index (Phi) is 6.47. The van der Waals surface area contributed by atoms with E-state index in [0.717, 1.165) is 46.7 Å². The molecule has 2 aromatic heterocycles. The Balaban J connectivity index is 1.61. The molecule has 37 heavy (non-hydrogen) atoms. The molecule has 0 atom stereocenters. The van der Waals surface area contributed by atoms with Gasteiger partial charge >= 0.3 is 0 Å². The van der Waals surface area contributed by atoms with Crippen molar-refractivity contribution in [1.82, 2.24) is 24.4 Å². The highest BCUT2D eigenvalue weighted by molar-refractivity contribution is 7.90. The number of nitrogens with zero attached hydrogens (tertiary/aromatic N) is 5. The third-order valence-corrected chi connectivity index (χ3v) is 8.07. The number of likely N-dealkylation sites (N-methyl/N-ethyl adjacent to an activating group) is 1. The van der Waals surface area contributed by atoms with Crippen LogP contribution in [0.25, 0.3) is 27.8 Å². The van der Waals surface area contributed by atoms with Crippen LogP contribution in [0.4, 0.5) is 5.69 Å². The van der Waals surface area contributed by atoms with E-state index in [9.17, 15) is 13.2 Å². The van der Waals surface area contributed by atoms with Crippen molar-refractivity contribution in [3.05, 3.63) is 72.1 Å². The number of benzene rings is 2. The van der Waals surface area contributed by atoms with Crippen LogP contribution in [-0.4, -0.2) is 73.0 Å². The molecule has 0 bridgehead atoms. The van der Waals surface area contributed by atoms with Crippen LogP contribution in [-0.2, 0) is 10.0 Å². The van der Waals surface area contributed by atoms with Gasteiger partial charge in [0, 0.05) is 24.8 Å². The third kappa shape index (κ3) is 4.82. The Hall–Kier alpha value is -3.76. The highest BCUT2D eigenvalue weighted by Crippen LogP contribution is 2.34. The number of pyridine rings is 1. The van der Waals surface area contributed by atoms with Crippen LogP contribution in [0.15, 0.2) is 60.7 Å². The first-order chi connectivity index (χ1) is 17.7. The second-order valence-corrected chi connectivity index (χ2v) is 11.5. The standard InChI is InChI=1S/C27H30N6O3S/c1-5-37(35,36)30-27(34)24-15-23(19-11-13-20(14-12-19)32-16-22(17-32)31(3)4)25-18(2)29-33(26(25)28-24)21-9-7-6-8-10-21/h6-15,22H,5,16-17H2,1-4H3,(H,30,34). The van der Waals surface area contributed by atoms with E-state index in [1.165, 1.54) is 6.92 Å². The number of aromatic nitrogens is 3. The highest BCUT2D eigenvalue weighted by Gasteiger charge is 2.28. The number of nitrogens with one attached hydrogen (secondary N) is 1. The zero-order valence-electron chi connectivity index (χ0n) is 21.3. The van der Waals surface area contributed by atoms with Crippen molar-refractivity contribution < 1.29 is 13.2 Å². The molecular weight excluding hydrogens is 488 g/mol. The molecule has 1 N–H and O–H groups in total. The molecule has 0 aliphatic carbocycles. The summed E-state index contributed by atoms with van der Waals surface area (Å²) in [6.07, 6.45) is 0. The lowest BCUT2D eigenvalue weighted by atomic mass is 9.99. The Morgan fingerprint density at radius 3 is 2.35 bits per heavy atom. The second-order valence-electron chi connectivity index (χ2n) is 9.49. The number of sulfonamides is 1. The maximum absolute atomic E-state index is 13.0. The molecule has 0 radical (unpaired) electrons. The van der Waals surface area contributed by atoms with Crippen molar-refractivity contribution in [2.24, 2.45) is 0 Å². The number of para-hydroxylation sites is 1. The van der Waals surface area contributed by atoms with E-state index >= 15 is 0 Å². The Labute approximate surface area is 216 Å². The topological polar surface area (TPSA) is 100 Å². The van der Waals surface area contributed by atoms with Crippen molar-refractivity contribution in [1.29, 1.82) is 0 Å². The van der Waals surface area contributed by atoms with Gasteiger partial charge in [0.25, 0.3) is 5.91 Å². The first-order valence-electron chi connectivity index (χ1n) is 12.2. The molecular formula is C27H30N6O3S. The summed E-state index contributed by atoms with van der Waals surface area (Å²) in [7, 11) is 0.441. The minimum absolute atomic E-state index is 0.0113. The molecule has 1 aliphatic rings. The largest absolute Gasteiger partial charge is 0.368 e. The normalized spacial score (nSPS) is 14.2. The molecule has 1 fully saturated rings. The molecule has 2 aromatic carbocycles. The van der Waals surface area contributed by atoms with Crippen LogP contribution in [0.5, 0.6) is 0 Å². The van der Waals surface area contributed by atoms with Gasteiger partial charge in [0.2, 0.25) is 10.0 Å². The van der Waals surface area contributed by atoms with E-state index in [4.69, 9.17) is 5.10 Å². The summed E-state index contributed by atoms with van der Waals surface area (Å²) in [5.41, 5.74) is 4.85. The fourth-order valence-corrected chi connectivity index (χ4v) is 5.02. The van der Waals surface area contributed by atoms with Crippen molar-refractivity contribution in [3.63, 3.8) is 0 Å². The summed E-state index contributed by atoms with van der Waals surface area (Å²) in [6, 6.07) is 19.9. The molecule has 5 rings (SSSR count). The number of amides is 1. The molecule has 10 heteroatoms. The maximum atomic E-state index is 13.0. The van der Waals surface area contributed by atoms with Crippen LogP contribution >= 0.6 is 0 Å². The van der Waals surface area contributed by atoms with Gasteiger partial charge < -0.3 is 9.80 Å². The number of rotatable bonds is 7. The van der Waals surface area contributed by atoms with Gasteiger partial charge in [-0.3, -0.25) is 4.79 Å². The average molecular weight is 519 g/mol. The van der Waals surface area contributed by atoms with E-state index in [0.29, 0.717) is 11.7 Å². The SMILES string of the molecule is CCS(=O)(=O)NC(=O)c1cc(-c2ccc(N3CC(N(C)C)C3)cc2)c2c(C)nn(-c3ccccc3)c2n1. The molecule has 192 valence electrons. The van der Waals surface area contributed by atoms with E-state index in [2.05, 4.69) is 45.7 Å². The van der Waals surface area contributed by atoms with Crippen molar-refractivity contribution in [3.8, 4) is 16.8 Å². The monoisotopic (exact) mass is 518 g/mol. The lowest BCUT2D eigenvalue weighted by molar-refractivity contribution is 0.0977. The first-order valence-corrected chi connectivity index (χ1v) is 13.8. The predicted molar refractivity (Wildman–Crippen MR) is 146 cm³/mol. The lowest BCUT2D eigenvalue weighted by Gasteiger charge is -2.44. The van der Waals surface area contributed by atoms with Gasteiger partial charge in [-0.05, 0) is 69.4 Å². The predicted octanol–water partition coefficient (Wildman–Crippen LogP) is 3.23. The van der Waals surface area contributed by atoms with E-state index < -0.39 is 15.9 Å². The van der Waals surface area contributed by atoms with Crippen LogP contribution < -0.4 is 9.62 Å². The Bertz CT molecular complexity index is 1560. The van der Waals surface area contributed by atoms with Crippen molar-refractivity contribution in [2.45, 2.75) is 19.9 Å². The number of carbonyl (C=O) groups excluding carboxylic acids is 1. The van der Waals surface area contributed by atoms with Gasteiger partial charge in [-0.2, -0.15) is 5.10 Å². The molecule has 3 heterocycles. The maximum Gasteiger partial charge on any atom is 0.283 e. The van der Waals surface area contributed by atoms with Crippen LogP contribution in [0.1, 0.15) is 23.1 Å². The minimum Gasteiger partial charge on any atom is -0.368 e. The summed E-state index contributed by atoms with van der Waals surface area (Å²) < 4.78 is 28.0. The van der Waals surface area contributed by atoms with Crippen molar-refractivity contribution >= 4 is 32.7 Å². The number of anilines is 1. The molecule has 4 aromatic rings. The molecule has 9 nitrogen and oxygen atoms in total. The van der Waals surface area contributed by atoms with Gasteiger partial charge in [-0.1, -0.05) is 30.3 Å². The Morgan fingerprint density at radius 1 is 1.05 bits per heavy atom. The van der Waals surface area contributed by atoms with Gasteiger partial charge in [-0.25, -0.2) is 22.8 Å². The number of fused-ring (bicyclic) bond motifs is 1. The highest BCUT2D eigenvalue weighted by atomic mass is 32.2. The average Bonchev–Trinajstić information content (AvgIpc) is 3.19. The minimum atomic E-state index is -3.75. The molecule has 0 unspecified atom stereocenters. The Morgan fingerprint density at radius 2 is 1.73 bits per heavy atom. The quantitative estimate of drug-likeness (QED) is 0.401. The summed E-state index contributed by atoms with van der Waals surface area (Å²) in [6.45, 7) is 5.34. The number of aryl methyl sites for hydroxylation is 1. The number of carbonyl (C=O) groups is 1. The third-order valence-electron chi connectivity index (χ3n) is 6.81. The van der Waals surface area contributed by atoms with Crippen LogP contribution in [0.2, 0.25) is 0 Å². The van der Waals surface area contributed by atoms with E-state index in [1.807, 2.05) is 49.4 Å². The van der Waals surface area contributed by atoms with Gasteiger partial charge in [0.05, 0.1) is 22.5 Å². The number of hydrogen-bond acceptors (Lipinski definition) is 7. The van der Waals surface area contributed by atoms with E-state index in [-0.39, 0.29) is 11.4 Å². The number of hydrogen-bond donors (Lipinski definition) is 1. The van der Waals surface area contributed by atoms with Gasteiger partial charge in [-0.15, -0.1) is 0 Å². The second kappa shape index (κ2) is 9.60. The van der Waals surface area contributed by atoms with E-state index in [1.54, 1.807) is 10.7 Å². The first kappa shape index (κ1) is 24.9. The smallest absolute Gasteiger partial charge is 0.283 e. The fraction of sp³-hybridized carbons (Fsp3) is 0.296. The zero-order chi connectivity index (χ0) is 26.3.